The third kappa shape index (κ3) is 3.45. The van der Waals surface area contributed by atoms with Crippen LogP contribution in [0.4, 0.5) is 0 Å². The number of piperazine rings is 1. The number of rotatable bonds is 4. The first kappa shape index (κ1) is 13.3. The minimum Gasteiger partial charge on any atom is -0.314 e. The zero-order chi connectivity index (χ0) is 13.0. The lowest BCUT2D eigenvalue weighted by atomic mass is 10.4. The molecule has 1 aliphatic heterocycles. The van der Waals surface area contributed by atoms with E-state index in [1.165, 1.54) is 4.31 Å². The van der Waals surface area contributed by atoms with Gasteiger partial charge in [-0.2, -0.15) is 17.4 Å². The van der Waals surface area contributed by atoms with Gasteiger partial charge in [-0.3, -0.25) is 9.97 Å². The van der Waals surface area contributed by atoms with E-state index in [2.05, 4.69) is 20.0 Å². The molecule has 0 amide bonds. The van der Waals surface area contributed by atoms with E-state index in [0.717, 1.165) is 5.69 Å². The first-order chi connectivity index (χ1) is 8.58. The maximum Gasteiger partial charge on any atom is 0.279 e. The van der Waals surface area contributed by atoms with Crippen molar-refractivity contribution in [2.75, 3.05) is 26.2 Å². The lowest BCUT2D eigenvalue weighted by Crippen LogP contribution is -2.50. The van der Waals surface area contributed by atoms with Gasteiger partial charge in [-0.05, 0) is 6.92 Å². The van der Waals surface area contributed by atoms with Crippen molar-refractivity contribution in [3.8, 4) is 0 Å². The van der Waals surface area contributed by atoms with Crippen LogP contribution in [0.15, 0.2) is 12.4 Å². The SMILES string of the molecule is Cc1cnc(CNS(=O)(=O)N2CCNCC2)cn1. The summed E-state index contributed by atoms with van der Waals surface area (Å²) in [6.07, 6.45) is 3.20. The highest BCUT2D eigenvalue weighted by Crippen LogP contribution is 2.01. The molecule has 1 aromatic heterocycles. The zero-order valence-electron chi connectivity index (χ0n) is 10.3. The second kappa shape index (κ2) is 5.70. The zero-order valence-corrected chi connectivity index (χ0v) is 11.1. The van der Waals surface area contributed by atoms with Crippen molar-refractivity contribution in [1.29, 1.82) is 0 Å². The predicted octanol–water partition coefficient (Wildman–Crippen LogP) is -0.975. The third-order valence-electron chi connectivity index (χ3n) is 2.69. The van der Waals surface area contributed by atoms with Gasteiger partial charge in [0.25, 0.3) is 10.2 Å². The summed E-state index contributed by atoms with van der Waals surface area (Å²) in [7, 11) is -3.42. The van der Waals surface area contributed by atoms with Crippen LogP contribution >= 0.6 is 0 Å². The first-order valence-electron chi connectivity index (χ1n) is 5.81. The summed E-state index contributed by atoms with van der Waals surface area (Å²) in [4.78, 5) is 8.18. The summed E-state index contributed by atoms with van der Waals surface area (Å²) in [5.41, 5.74) is 1.42. The molecule has 1 aliphatic rings. The Morgan fingerprint density at radius 2 is 2.06 bits per heavy atom. The van der Waals surface area contributed by atoms with Crippen LogP contribution < -0.4 is 10.0 Å². The molecule has 7 nitrogen and oxygen atoms in total. The summed E-state index contributed by atoms with van der Waals surface area (Å²) >= 11 is 0. The Hall–Kier alpha value is -1.09. The van der Waals surface area contributed by atoms with Crippen LogP contribution in [-0.2, 0) is 16.8 Å². The Kier molecular flexibility index (Phi) is 4.23. The lowest BCUT2D eigenvalue weighted by Gasteiger charge is -2.26. The molecule has 0 aromatic carbocycles. The number of hydrogen-bond acceptors (Lipinski definition) is 5. The van der Waals surface area contributed by atoms with E-state index in [1.807, 2.05) is 6.92 Å². The smallest absolute Gasteiger partial charge is 0.279 e. The van der Waals surface area contributed by atoms with Gasteiger partial charge < -0.3 is 5.32 Å². The average Bonchev–Trinajstić information content (AvgIpc) is 2.39. The van der Waals surface area contributed by atoms with Crippen molar-refractivity contribution in [2.24, 2.45) is 0 Å². The van der Waals surface area contributed by atoms with Gasteiger partial charge in [-0.15, -0.1) is 0 Å². The van der Waals surface area contributed by atoms with E-state index < -0.39 is 10.2 Å². The van der Waals surface area contributed by atoms with Crippen LogP contribution in [0.5, 0.6) is 0 Å². The molecule has 0 saturated carbocycles. The minimum absolute atomic E-state index is 0.166. The molecule has 8 heteroatoms. The van der Waals surface area contributed by atoms with Crippen LogP contribution in [0, 0.1) is 6.92 Å². The van der Waals surface area contributed by atoms with E-state index in [1.54, 1.807) is 12.4 Å². The lowest BCUT2D eigenvalue weighted by molar-refractivity contribution is 0.354. The second-order valence-electron chi connectivity index (χ2n) is 4.12. The van der Waals surface area contributed by atoms with Gasteiger partial charge in [0, 0.05) is 32.4 Å². The molecule has 100 valence electrons. The van der Waals surface area contributed by atoms with Crippen LogP contribution in [0.2, 0.25) is 0 Å². The molecule has 0 atom stereocenters. The van der Waals surface area contributed by atoms with Crippen LogP contribution in [0.1, 0.15) is 11.4 Å². The van der Waals surface area contributed by atoms with Gasteiger partial charge in [-0.1, -0.05) is 0 Å². The van der Waals surface area contributed by atoms with Gasteiger partial charge in [0.15, 0.2) is 0 Å². The van der Waals surface area contributed by atoms with Crippen LogP contribution in [0.3, 0.4) is 0 Å². The van der Waals surface area contributed by atoms with Crippen LogP contribution in [0.25, 0.3) is 0 Å². The Morgan fingerprint density at radius 1 is 1.33 bits per heavy atom. The molecule has 0 bridgehead atoms. The summed E-state index contributed by atoms with van der Waals surface area (Å²) in [5.74, 6) is 0. The summed E-state index contributed by atoms with van der Waals surface area (Å²) in [5, 5.41) is 3.11. The monoisotopic (exact) mass is 271 g/mol. The Morgan fingerprint density at radius 3 is 2.67 bits per heavy atom. The molecule has 0 unspecified atom stereocenters. The maximum absolute atomic E-state index is 12.0. The fourth-order valence-electron chi connectivity index (χ4n) is 1.65. The molecule has 1 fully saturated rings. The van der Waals surface area contributed by atoms with Gasteiger partial charge in [0.05, 0.1) is 24.1 Å². The molecule has 0 radical (unpaired) electrons. The van der Waals surface area contributed by atoms with Gasteiger partial charge in [-0.25, -0.2) is 0 Å². The molecule has 2 rings (SSSR count). The topological polar surface area (TPSA) is 87.2 Å². The first-order valence-corrected chi connectivity index (χ1v) is 7.25. The van der Waals surface area contributed by atoms with E-state index in [9.17, 15) is 8.42 Å². The Labute approximate surface area is 107 Å². The molecule has 1 saturated heterocycles. The second-order valence-corrected chi connectivity index (χ2v) is 5.88. The normalized spacial score (nSPS) is 17.8. The summed E-state index contributed by atoms with van der Waals surface area (Å²) in [6.45, 7) is 4.36. The summed E-state index contributed by atoms with van der Waals surface area (Å²) in [6, 6.07) is 0. The molecule has 2 heterocycles. The standard InChI is InChI=1S/C10H17N5O2S/c1-9-6-13-10(7-12-9)8-14-18(16,17)15-4-2-11-3-5-15/h6-7,11,14H,2-5,8H2,1H3. The van der Waals surface area contributed by atoms with Crippen LogP contribution in [-0.4, -0.2) is 48.9 Å². The summed E-state index contributed by atoms with van der Waals surface area (Å²) < 4.78 is 27.9. The third-order valence-corrected chi connectivity index (χ3v) is 4.24. The number of hydrogen-bond donors (Lipinski definition) is 2. The largest absolute Gasteiger partial charge is 0.314 e. The highest BCUT2D eigenvalue weighted by atomic mass is 32.2. The fourth-order valence-corrected chi connectivity index (χ4v) is 2.83. The van der Waals surface area contributed by atoms with Crippen molar-refractivity contribution in [3.63, 3.8) is 0 Å². The fraction of sp³-hybridized carbons (Fsp3) is 0.600. The van der Waals surface area contributed by atoms with Crippen molar-refractivity contribution >= 4 is 10.2 Å². The number of aromatic nitrogens is 2. The van der Waals surface area contributed by atoms with Gasteiger partial charge >= 0.3 is 0 Å². The molecule has 0 spiro atoms. The van der Waals surface area contributed by atoms with Crippen molar-refractivity contribution in [2.45, 2.75) is 13.5 Å². The van der Waals surface area contributed by atoms with Crippen molar-refractivity contribution < 1.29 is 8.42 Å². The Balaban J connectivity index is 1.94. The molecular weight excluding hydrogens is 254 g/mol. The molecular formula is C10H17N5O2S. The Bertz CT molecular complexity index is 481. The van der Waals surface area contributed by atoms with E-state index in [-0.39, 0.29) is 6.54 Å². The average molecular weight is 271 g/mol. The van der Waals surface area contributed by atoms with Crippen molar-refractivity contribution in [1.82, 2.24) is 24.3 Å². The van der Waals surface area contributed by atoms with Gasteiger partial charge in [0.1, 0.15) is 0 Å². The van der Waals surface area contributed by atoms with E-state index >= 15 is 0 Å². The number of nitrogens with zero attached hydrogens (tertiary/aromatic N) is 3. The minimum atomic E-state index is -3.42. The maximum atomic E-state index is 12.0. The van der Waals surface area contributed by atoms with Gasteiger partial charge in [0.2, 0.25) is 0 Å². The molecule has 0 aliphatic carbocycles. The highest BCUT2D eigenvalue weighted by Gasteiger charge is 2.23. The predicted molar refractivity (Wildman–Crippen MR) is 67.0 cm³/mol. The quantitative estimate of drug-likeness (QED) is 0.735. The van der Waals surface area contributed by atoms with E-state index in [0.29, 0.717) is 31.9 Å². The van der Waals surface area contributed by atoms with Crippen molar-refractivity contribution in [3.05, 3.63) is 23.8 Å². The molecule has 1 aromatic rings. The highest BCUT2D eigenvalue weighted by molar-refractivity contribution is 7.87. The molecule has 2 N–H and O–H groups in total. The molecule has 18 heavy (non-hydrogen) atoms. The number of aryl methyl sites for hydroxylation is 1. The number of nitrogens with one attached hydrogen (secondary N) is 2. The van der Waals surface area contributed by atoms with E-state index in [4.69, 9.17) is 0 Å².